The first-order chi connectivity index (χ1) is 11.8. The third-order valence-electron chi connectivity index (χ3n) is 4.87. The summed E-state index contributed by atoms with van der Waals surface area (Å²) in [5, 5.41) is 6.37. The van der Waals surface area contributed by atoms with Crippen LogP contribution in [0.25, 0.3) is 0 Å². The number of hydrogen-bond acceptors (Lipinski definition) is 4. The highest BCUT2D eigenvalue weighted by molar-refractivity contribution is 5.77. The lowest BCUT2D eigenvalue weighted by molar-refractivity contribution is -0.124. The molecule has 1 aliphatic rings. The SMILES string of the molecule is COCC1(CNC(=O)COc2ccc(C(C)(C)C)cc2)CCNCC1. The Morgan fingerprint density at radius 1 is 1.20 bits per heavy atom. The summed E-state index contributed by atoms with van der Waals surface area (Å²) in [4.78, 5) is 12.1. The van der Waals surface area contributed by atoms with Crippen molar-refractivity contribution in [1.82, 2.24) is 10.6 Å². The number of nitrogens with one attached hydrogen (secondary N) is 2. The van der Waals surface area contributed by atoms with E-state index in [-0.39, 0.29) is 23.3 Å². The van der Waals surface area contributed by atoms with Crippen LogP contribution in [0.15, 0.2) is 24.3 Å². The van der Waals surface area contributed by atoms with Gasteiger partial charge in [-0.05, 0) is 49.0 Å². The third-order valence-corrected chi connectivity index (χ3v) is 4.87. The second-order valence-corrected chi connectivity index (χ2v) is 8.02. The van der Waals surface area contributed by atoms with Gasteiger partial charge >= 0.3 is 0 Å². The first kappa shape index (κ1) is 19.7. The molecule has 2 rings (SSSR count). The summed E-state index contributed by atoms with van der Waals surface area (Å²) in [6, 6.07) is 7.95. The molecule has 0 radical (unpaired) electrons. The zero-order chi connectivity index (χ0) is 18.3. The van der Waals surface area contributed by atoms with Gasteiger partial charge in [0.15, 0.2) is 6.61 Å². The van der Waals surface area contributed by atoms with E-state index in [1.807, 2.05) is 12.1 Å². The molecule has 0 aliphatic carbocycles. The van der Waals surface area contributed by atoms with Crippen LogP contribution in [0.3, 0.4) is 0 Å². The Hall–Kier alpha value is -1.59. The van der Waals surface area contributed by atoms with Gasteiger partial charge in [0.2, 0.25) is 0 Å². The van der Waals surface area contributed by atoms with Gasteiger partial charge in [0.05, 0.1) is 6.61 Å². The fourth-order valence-corrected chi connectivity index (χ4v) is 3.17. The molecular formula is C20H32N2O3. The van der Waals surface area contributed by atoms with Gasteiger partial charge in [0.25, 0.3) is 5.91 Å². The van der Waals surface area contributed by atoms with Gasteiger partial charge in [-0.3, -0.25) is 4.79 Å². The lowest BCUT2D eigenvalue weighted by atomic mass is 9.79. The number of carbonyl (C=O) groups is 1. The summed E-state index contributed by atoms with van der Waals surface area (Å²) >= 11 is 0. The van der Waals surface area contributed by atoms with Crippen LogP contribution in [-0.2, 0) is 14.9 Å². The molecular weight excluding hydrogens is 316 g/mol. The number of hydrogen-bond donors (Lipinski definition) is 2. The zero-order valence-electron chi connectivity index (χ0n) is 16.0. The van der Waals surface area contributed by atoms with E-state index in [4.69, 9.17) is 9.47 Å². The highest BCUT2D eigenvalue weighted by Crippen LogP contribution is 2.28. The monoisotopic (exact) mass is 348 g/mol. The van der Waals surface area contributed by atoms with Crippen LogP contribution in [0.2, 0.25) is 0 Å². The second kappa shape index (κ2) is 8.68. The molecule has 0 spiro atoms. The molecule has 0 unspecified atom stereocenters. The quantitative estimate of drug-likeness (QED) is 0.795. The molecule has 0 bridgehead atoms. The Bertz CT molecular complexity index is 538. The number of piperidine rings is 1. The molecule has 140 valence electrons. The van der Waals surface area contributed by atoms with Crippen LogP contribution in [0.4, 0.5) is 0 Å². The fraction of sp³-hybridized carbons (Fsp3) is 0.650. The van der Waals surface area contributed by atoms with Crippen molar-refractivity contribution in [2.75, 3.05) is 40.0 Å². The zero-order valence-corrected chi connectivity index (χ0v) is 16.0. The van der Waals surface area contributed by atoms with Gasteiger partial charge in [-0.1, -0.05) is 32.9 Å². The van der Waals surface area contributed by atoms with Crippen molar-refractivity contribution in [3.05, 3.63) is 29.8 Å². The molecule has 2 N–H and O–H groups in total. The number of rotatable bonds is 7. The maximum Gasteiger partial charge on any atom is 0.257 e. The molecule has 1 aromatic rings. The minimum absolute atomic E-state index is 0.0318. The summed E-state index contributed by atoms with van der Waals surface area (Å²) in [5.74, 6) is 0.630. The Labute approximate surface area is 151 Å². The van der Waals surface area contributed by atoms with E-state index >= 15 is 0 Å². The first-order valence-electron chi connectivity index (χ1n) is 9.04. The second-order valence-electron chi connectivity index (χ2n) is 8.02. The van der Waals surface area contributed by atoms with Gasteiger partial charge in [0, 0.05) is 19.1 Å². The average Bonchev–Trinajstić information content (AvgIpc) is 2.59. The van der Waals surface area contributed by atoms with Crippen molar-refractivity contribution in [3.8, 4) is 5.75 Å². The fourth-order valence-electron chi connectivity index (χ4n) is 3.17. The average molecular weight is 348 g/mol. The Kier molecular flexibility index (Phi) is 6.85. The van der Waals surface area contributed by atoms with E-state index in [0.717, 1.165) is 31.7 Å². The highest BCUT2D eigenvalue weighted by Gasteiger charge is 2.32. The standard InChI is InChI=1S/C20H32N2O3/c1-19(2,3)16-5-7-17(8-6-16)25-13-18(23)22-14-20(15-24-4)9-11-21-12-10-20/h5-8,21H,9-15H2,1-4H3,(H,22,23). The Balaban J connectivity index is 1.80. The molecule has 1 saturated heterocycles. The van der Waals surface area contributed by atoms with E-state index < -0.39 is 0 Å². The van der Waals surface area contributed by atoms with Gasteiger partial charge in [-0.25, -0.2) is 0 Å². The maximum atomic E-state index is 12.1. The molecule has 0 atom stereocenters. The van der Waals surface area contributed by atoms with Crippen molar-refractivity contribution in [3.63, 3.8) is 0 Å². The molecule has 5 nitrogen and oxygen atoms in total. The molecule has 1 aliphatic heterocycles. The highest BCUT2D eigenvalue weighted by atomic mass is 16.5. The summed E-state index contributed by atoms with van der Waals surface area (Å²) < 4.78 is 11.0. The predicted molar refractivity (Wildman–Crippen MR) is 100 cm³/mol. The minimum Gasteiger partial charge on any atom is -0.484 e. The van der Waals surface area contributed by atoms with E-state index in [2.05, 4.69) is 43.5 Å². The number of benzene rings is 1. The Morgan fingerprint density at radius 3 is 2.40 bits per heavy atom. The van der Waals surface area contributed by atoms with Crippen LogP contribution >= 0.6 is 0 Å². The lowest BCUT2D eigenvalue weighted by Gasteiger charge is -2.37. The largest absolute Gasteiger partial charge is 0.484 e. The van der Waals surface area contributed by atoms with Crippen LogP contribution in [0, 0.1) is 5.41 Å². The summed E-state index contributed by atoms with van der Waals surface area (Å²) in [7, 11) is 1.72. The van der Waals surface area contributed by atoms with E-state index in [9.17, 15) is 4.79 Å². The molecule has 1 amide bonds. The number of amides is 1. The molecule has 25 heavy (non-hydrogen) atoms. The van der Waals surface area contributed by atoms with Gasteiger partial charge < -0.3 is 20.1 Å². The predicted octanol–water partition coefficient (Wildman–Crippen LogP) is 2.50. The summed E-state index contributed by atoms with van der Waals surface area (Å²) in [6.45, 7) is 9.80. The van der Waals surface area contributed by atoms with Crippen molar-refractivity contribution < 1.29 is 14.3 Å². The molecule has 1 heterocycles. The number of methoxy groups -OCH3 is 1. The van der Waals surface area contributed by atoms with Crippen LogP contribution in [0.1, 0.15) is 39.2 Å². The molecule has 1 fully saturated rings. The minimum atomic E-state index is -0.0890. The van der Waals surface area contributed by atoms with Crippen molar-refractivity contribution >= 4 is 5.91 Å². The summed E-state index contributed by atoms with van der Waals surface area (Å²) in [5.41, 5.74) is 1.39. The summed E-state index contributed by atoms with van der Waals surface area (Å²) in [6.07, 6.45) is 2.02. The van der Waals surface area contributed by atoms with Crippen molar-refractivity contribution in [1.29, 1.82) is 0 Å². The molecule has 0 aromatic heterocycles. The molecule has 1 aromatic carbocycles. The van der Waals surface area contributed by atoms with Crippen molar-refractivity contribution in [2.45, 2.75) is 39.0 Å². The normalized spacial score (nSPS) is 17.1. The van der Waals surface area contributed by atoms with Crippen molar-refractivity contribution in [2.24, 2.45) is 5.41 Å². The lowest BCUT2D eigenvalue weighted by Crippen LogP contribution is -2.47. The number of carbonyl (C=O) groups excluding carboxylic acids is 1. The van der Waals surface area contributed by atoms with Gasteiger partial charge in [-0.2, -0.15) is 0 Å². The van der Waals surface area contributed by atoms with Gasteiger partial charge in [-0.15, -0.1) is 0 Å². The molecule has 0 saturated carbocycles. The molecule has 5 heteroatoms. The van der Waals surface area contributed by atoms with Crippen LogP contribution < -0.4 is 15.4 Å². The Morgan fingerprint density at radius 2 is 1.84 bits per heavy atom. The van der Waals surface area contributed by atoms with E-state index in [1.54, 1.807) is 7.11 Å². The topological polar surface area (TPSA) is 59.6 Å². The maximum absolute atomic E-state index is 12.1. The van der Waals surface area contributed by atoms with E-state index in [1.165, 1.54) is 5.56 Å². The van der Waals surface area contributed by atoms with Gasteiger partial charge in [0.1, 0.15) is 5.75 Å². The smallest absolute Gasteiger partial charge is 0.257 e. The third kappa shape index (κ3) is 6.01. The van der Waals surface area contributed by atoms with Crippen LogP contribution in [-0.4, -0.2) is 45.9 Å². The first-order valence-corrected chi connectivity index (χ1v) is 9.04. The van der Waals surface area contributed by atoms with E-state index in [0.29, 0.717) is 13.2 Å². The van der Waals surface area contributed by atoms with Crippen LogP contribution in [0.5, 0.6) is 5.75 Å². The number of ether oxygens (including phenoxy) is 2.